The summed E-state index contributed by atoms with van der Waals surface area (Å²) in [6, 6.07) is 4.38. The number of hydrogen-bond donors (Lipinski definition) is 2. The zero-order chi connectivity index (χ0) is 13.0. The Morgan fingerprint density at radius 2 is 2.17 bits per heavy atom. The van der Waals surface area contributed by atoms with Crippen LogP contribution in [0, 0.1) is 0 Å². The van der Waals surface area contributed by atoms with Gasteiger partial charge in [0, 0.05) is 12.3 Å². The Hall–Kier alpha value is -1.77. The van der Waals surface area contributed by atoms with Crippen LogP contribution in [0.5, 0.6) is 0 Å². The van der Waals surface area contributed by atoms with E-state index in [4.69, 9.17) is 9.63 Å². The first-order chi connectivity index (χ1) is 8.62. The van der Waals surface area contributed by atoms with E-state index in [1.54, 1.807) is 6.07 Å². The van der Waals surface area contributed by atoms with Gasteiger partial charge < -0.3 is 9.63 Å². The summed E-state index contributed by atoms with van der Waals surface area (Å²) in [4.78, 5) is 3.76. The second-order valence-electron chi connectivity index (χ2n) is 3.47. The van der Waals surface area contributed by atoms with Crippen LogP contribution in [0.4, 0.5) is 0 Å². The van der Waals surface area contributed by atoms with Crippen LogP contribution in [0.1, 0.15) is 11.3 Å². The molecule has 2 aromatic rings. The molecule has 7 nitrogen and oxygen atoms in total. The molecule has 2 rings (SSSR count). The molecule has 0 bridgehead atoms. The number of aliphatic hydroxyl groups is 1. The van der Waals surface area contributed by atoms with Crippen molar-refractivity contribution in [2.45, 2.75) is 18.2 Å². The SMILES string of the molecule is O=S(=O)(NCc1ccno1)c1ccc(CO)cn1. The molecule has 0 fully saturated rings. The van der Waals surface area contributed by atoms with Crippen LogP contribution in [-0.4, -0.2) is 23.7 Å². The molecular weight excluding hydrogens is 258 g/mol. The molecule has 0 aliphatic rings. The van der Waals surface area contributed by atoms with Gasteiger partial charge in [-0.3, -0.25) is 0 Å². The fraction of sp³-hybridized carbons (Fsp3) is 0.200. The van der Waals surface area contributed by atoms with Gasteiger partial charge in [-0.1, -0.05) is 11.2 Å². The summed E-state index contributed by atoms with van der Waals surface area (Å²) < 4.78 is 30.8. The van der Waals surface area contributed by atoms with E-state index in [1.807, 2.05) is 0 Å². The van der Waals surface area contributed by atoms with E-state index >= 15 is 0 Å². The van der Waals surface area contributed by atoms with Crippen molar-refractivity contribution < 1.29 is 18.0 Å². The predicted molar refractivity (Wildman–Crippen MR) is 60.7 cm³/mol. The lowest BCUT2D eigenvalue weighted by Crippen LogP contribution is -2.24. The van der Waals surface area contributed by atoms with Crippen molar-refractivity contribution in [3.05, 3.63) is 41.9 Å². The van der Waals surface area contributed by atoms with Crippen molar-refractivity contribution in [3.63, 3.8) is 0 Å². The topological polar surface area (TPSA) is 105 Å². The summed E-state index contributed by atoms with van der Waals surface area (Å²) >= 11 is 0. The Morgan fingerprint density at radius 3 is 2.72 bits per heavy atom. The van der Waals surface area contributed by atoms with Gasteiger partial charge in [0.2, 0.25) is 0 Å². The molecule has 2 N–H and O–H groups in total. The monoisotopic (exact) mass is 269 g/mol. The van der Waals surface area contributed by atoms with Crippen LogP contribution in [-0.2, 0) is 23.2 Å². The normalized spacial score (nSPS) is 11.6. The number of sulfonamides is 1. The van der Waals surface area contributed by atoms with Crippen molar-refractivity contribution in [1.29, 1.82) is 0 Å². The molecular formula is C10H11N3O4S. The van der Waals surface area contributed by atoms with Gasteiger partial charge in [0.15, 0.2) is 10.8 Å². The third-order valence-electron chi connectivity index (χ3n) is 2.18. The Labute approximate surface area is 104 Å². The zero-order valence-corrected chi connectivity index (χ0v) is 10.1. The Bertz CT molecular complexity index is 593. The molecule has 2 aromatic heterocycles. The highest BCUT2D eigenvalue weighted by Gasteiger charge is 2.15. The van der Waals surface area contributed by atoms with Crippen molar-refractivity contribution in [2.24, 2.45) is 0 Å². The molecule has 0 saturated heterocycles. The maximum Gasteiger partial charge on any atom is 0.258 e. The van der Waals surface area contributed by atoms with Crippen LogP contribution in [0.15, 0.2) is 40.1 Å². The lowest BCUT2D eigenvalue weighted by molar-refractivity contribution is 0.281. The highest BCUT2D eigenvalue weighted by Crippen LogP contribution is 2.07. The molecule has 0 radical (unpaired) electrons. The average Bonchev–Trinajstić information content (AvgIpc) is 2.90. The molecule has 8 heteroatoms. The van der Waals surface area contributed by atoms with Crippen LogP contribution in [0.3, 0.4) is 0 Å². The molecule has 96 valence electrons. The van der Waals surface area contributed by atoms with Crippen molar-refractivity contribution >= 4 is 10.0 Å². The zero-order valence-electron chi connectivity index (χ0n) is 9.28. The van der Waals surface area contributed by atoms with E-state index in [0.29, 0.717) is 11.3 Å². The minimum absolute atomic E-state index is 0.00572. The second kappa shape index (κ2) is 5.25. The van der Waals surface area contributed by atoms with E-state index in [9.17, 15) is 8.42 Å². The summed E-state index contributed by atoms with van der Waals surface area (Å²) in [6.07, 6.45) is 2.74. The number of hydrogen-bond acceptors (Lipinski definition) is 6. The van der Waals surface area contributed by atoms with Gasteiger partial charge in [-0.15, -0.1) is 0 Å². The van der Waals surface area contributed by atoms with Crippen LogP contribution in [0.2, 0.25) is 0 Å². The second-order valence-corrected chi connectivity index (χ2v) is 5.18. The van der Waals surface area contributed by atoms with Gasteiger partial charge in [-0.2, -0.15) is 0 Å². The van der Waals surface area contributed by atoms with Gasteiger partial charge in [-0.25, -0.2) is 18.1 Å². The third-order valence-corrected chi connectivity index (χ3v) is 3.50. The Balaban J connectivity index is 2.09. The summed E-state index contributed by atoms with van der Waals surface area (Å²) in [7, 11) is -3.69. The molecule has 0 aromatic carbocycles. The highest BCUT2D eigenvalue weighted by molar-refractivity contribution is 7.89. The lowest BCUT2D eigenvalue weighted by atomic mass is 10.3. The number of pyridine rings is 1. The number of nitrogens with one attached hydrogen (secondary N) is 1. The van der Waals surface area contributed by atoms with E-state index in [2.05, 4.69) is 14.9 Å². The molecule has 0 saturated carbocycles. The van der Waals surface area contributed by atoms with Gasteiger partial charge in [0.1, 0.15) is 0 Å². The van der Waals surface area contributed by atoms with Gasteiger partial charge >= 0.3 is 0 Å². The summed E-state index contributed by atoms with van der Waals surface area (Å²) in [6.45, 7) is -0.176. The first-order valence-corrected chi connectivity index (χ1v) is 6.55. The van der Waals surface area contributed by atoms with Crippen molar-refractivity contribution in [3.8, 4) is 0 Å². The molecule has 0 atom stereocenters. The van der Waals surface area contributed by atoms with Crippen LogP contribution < -0.4 is 4.72 Å². The first-order valence-electron chi connectivity index (χ1n) is 5.07. The maximum absolute atomic E-state index is 11.8. The quantitative estimate of drug-likeness (QED) is 0.794. The van der Waals surface area contributed by atoms with Gasteiger partial charge in [0.05, 0.1) is 19.3 Å². The smallest absolute Gasteiger partial charge is 0.258 e. The summed E-state index contributed by atoms with van der Waals surface area (Å²) in [5, 5.41) is 12.2. The van der Waals surface area contributed by atoms with E-state index in [-0.39, 0.29) is 18.2 Å². The van der Waals surface area contributed by atoms with E-state index in [0.717, 1.165) is 0 Å². The lowest BCUT2D eigenvalue weighted by Gasteiger charge is -2.04. The molecule has 0 amide bonds. The van der Waals surface area contributed by atoms with Crippen molar-refractivity contribution in [1.82, 2.24) is 14.9 Å². The molecule has 0 aliphatic carbocycles. The number of aromatic nitrogens is 2. The molecule has 0 spiro atoms. The summed E-state index contributed by atoms with van der Waals surface area (Å²) in [5.41, 5.74) is 0.546. The fourth-order valence-corrected chi connectivity index (χ4v) is 2.16. The Kier molecular flexibility index (Phi) is 3.70. The van der Waals surface area contributed by atoms with Gasteiger partial charge in [-0.05, 0) is 11.6 Å². The maximum atomic E-state index is 11.8. The minimum Gasteiger partial charge on any atom is -0.392 e. The fourth-order valence-electron chi connectivity index (χ4n) is 1.24. The Morgan fingerprint density at radius 1 is 1.33 bits per heavy atom. The summed E-state index contributed by atoms with van der Waals surface area (Å²) in [5.74, 6) is 0.408. The minimum atomic E-state index is -3.69. The highest BCUT2D eigenvalue weighted by atomic mass is 32.2. The number of nitrogens with zero attached hydrogens (tertiary/aromatic N) is 2. The van der Waals surface area contributed by atoms with E-state index < -0.39 is 10.0 Å². The average molecular weight is 269 g/mol. The standard InChI is InChI=1S/C10H11N3O4S/c14-7-8-1-2-10(11-5-8)18(15,16)13-6-9-3-4-12-17-9/h1-5,13-14H,6-7H2. The van der Waals surface area contributed by atoms with E-state index in [1.165, 1.54) is 24.5 Å². The number of aliphatic hydroxyl groups excluding tert-OH is 1. The predicted octanol–water partition coefficient (Wildman–Crippen LogP) is 0.0404. The van der Waals surface area contributed by atoms with Crippen LogP contribution in [0.25, 0.3) is 0 Å². The van der Waals surface area contributed by atoms with Crippen LogP contribution >= 0.6 is 0 Å². The molecule has 2 heterocycles. The van der Waals surface area contributed by atoms with Crippen molar-refractivity contribution in [2.75, 3.05) is 0 Å². The number of rotatable bonds is 5. The molecule has 18 heavy (non-hydrogen) atoms. The first kappa shape index (κ1) is 12.7. The molecule has 0 aliphatic heterocycles. The largest absolute Gasteiger partial charge is 0.392 e. The van der Waals surface area contributed by atoms with Gasteiger partial charge in [0.25, 0.3) is 10.0 Å². The third kappa shape index (κ3) is 2.92. The molecule has 0 unspecified atom stereocenters.